The zero-order chi connectivity index (χ0) is 13.0. The van der Waals surface area contributed by atoms with E-state index >= 15 is 0 Å². The van der Waals surface area contributed by atoms with E-state index < -0.39 is 0 Å². The van der Waals surface area contributed by atoms with E-state index in [1.54, 1.807) is 6.07 Å². The van der Waals surface area contributed by atoms with Crippen molar-refractivity contribution in [3.8, 4) is 0 Å². The standard InChI is InChI=1S/C14H16FN3/c1-10-3-2-4-14(18-10)17-9-12-6-5-11(8-16)7-13(12)15/h2-7H,8-9,16H2,1H3,(H,17,18). The Balaban J connectivity index is 2.06. The first-order valence-corrected chi connectivity index (χ1v) is 5.84. The molecule has 0 amide bonds. The Labute approximate surface area is 106 Å². The van der Waals surface area contributed by atoms with Gasteiger partial charge in [-0.1, -0.05) is 18.2 Å². The van der Waals surface area contributed by atoms with Crippen molar-refractivity contribution in [2.75, 3.05) is 5.32 Å². The van der Waals surface area contributed by atoms with E-state index in [0.717, 1.165) is 17.1 Å². The first-order valence-electron chi connectivity index (χ1n) is 5.84. The molecule has 0 aliphatic rings. The number of rotatable bonds is 4. The summed E-state index contributed by atoms with van der Waals surface area (Å²) in [6.45, 7) is 2.68. The maximum absolute atomic E-state index is 13.7. The zero-order valence-corrected chi connectivity index (χ0v) is 10.3. The lowest BCUT2D eigenvalue weighted by atomic mass is 10.1. The number of aryl methyl sites for hydroxylation is 1. The van der Waals surface area contributed by atoms with Crippen molar-refractivity contribution in [3.63, 3.8) is 0 Å². The van der Waals surface area contributed by atoms with Crippen molar-refractivity contribution in [1.29, 1.82) is 0 Å². The maximum atomic E-state index is 13.7. The summed E-state index contributed by atoms with van der Waals surface area (Å²) in [7, 11) is 0. The van der Waals surface area contributed by atoms with Gasteiger partial charge in [0.2, 0.25) is 0 Å². The van der Waals surface area contributed by atoms with Gasteiger partial charge in [0.15, 0.2) is 0 Å². The molecule has 1 heterocycles. The van der Waals surface area contributed by atoms with Crippen LogP contribution < -0.4 is 11.1 Å². The van der Waals surface area contributed by atoms with Gasteiger partial charge in [0.05, 0.1) is 0 Å². The van der Waals surface area contributed by atoms with E-state index in [1.165, 1.54) is 6.07 Å². The number of nitrogens with two attached hydrogens (primary N) is 1. The van der Waals surface area contributed by atoms with Crippen LogP contribution in [-0.4, -0.2) is 4.98 Å². The van der Waals surface area contributed by atoms with Crippen LogP contribution in [0.2, 0.25) is 0 Å². The topological polar surface area (TPSA) is 50.9 Å². The number of hydrogen-bond donors (Lipinski definition) is 2. The van der Waals surface area contributed by atoms with Gasteiger partial charge in [-0.25, -0.2) is 9.37 Å². The van der Waals surface area contributed by atoms with E-state index in [4.69, 9.17) is 5.73 Å². The fourth-order valence-corrected chi connectivity index (χ4v) is 1.69. The molecule has 0 atom stereocenters. The van der Waals surface area contributed by atoms with Gasteiger partial charge in [-0.3, -0.25) is 0 Å². The molecule has 2 rings (SSSR count). The highest BCUT2D eigenvalue weighted by molar-refractivity contribution is 5.37. The molecule has 1 aromatic carbocycles. The van der Waals surface area contributed by atoms with E-state index in [0.29, 0.717) is 18.7 Å². The fraction of sp³-hybridized carbons (Fsp3) is 0.214. The molecule has 1 aromatic heterocycles. The minimum Gasteiger partial charge on any atom is -0.366 e. The molecule has 0 fully saturated rings. The molecule has 0 saturated heterocycles. The Bertz CT molecular complexity index is 540. The highest BCUT2D eigenvalue weighted by Gasteiger charge is 2.03. The largest absolute Gasteiger partial charge is 0.366 e. The Morgan fingerprint density at radius 2 is 2.11 bits per heavy atom. The predicted octanol–water partition coefficient (Wildman–Crippen LogP) is 2.60. The third kappa shape index (κ3) is 3.05. The van der Waals surface area contributed by atoms with Crippen LogP contribution in [0.3, 0.4) is 0 Å². The molecular weight excluding hydrogens is 229 g/mol. The smallest absolute Gasteiger partial charge is 0.128 e. The number of nitrogens with zero attached hydrogens (tertiary/aromatic N) is 1. The number of halogens is 1. The Kier molecular flexibility index (Phi) is 3.89. The summed E-state index contributed by atoms with van der Waals surface area (Å²) >= 11 is 0. The van der Waals surface area contributed by atoms with Crippen molar-refractivity contribution in [3.05, 3.63) is 59.0 Å². The highest BCUT2D eigenvalue weighted by Crippen LogP contribution is 2.12. The van der Waals surface area contributed by atoms with Gasteiger partial charge >= 0.3 is 0 Å². The van der Waals surface area contributed by atoms with Gasteiger partial charge in [0, 0.05) is 24.3 Å². The molecular formula is C14H16FN3. The van der Waals surface area contributed by atoms with Crippen LogP contribution in [-0.2, 0) is 13.1 Å². The number of nitrogens with one attached hydrogen (secondary N) is 1. The summed E-state index contributed by atoms with van der Waals surface area (Å²) in [6, 6.07) is 10.8. The lowest BCUT2D eigenvalue weighted by Gasteiger charge is -2.08. The summed E-state index contributed by atoms with van der Waals surface area (Å²) < 4.78 is 13.7. The molecule has 0 radical (unpaired) electrons. The quantitative estimate of drug-likeness (QED) is 0.870. The van der Waals surface area contributed by atoms with Gasteiger partial charge in [-0.15, -0.1) is 0 Å². The zero-order valence-electron chi connectivity index (χ0n) is 10.3. The van der Waals surface area contributed by atoms with Crippen LogP contribution in [0.1, 0.15) is 16.8 Å². The molecule has 94 valence electrons. The molecule has 0 bridgehead atoms. The molecule has 0 aliphatic carbocycles. The normalized spacial score (nSPS) is 10.4. The average molecular weight is 245 g/mol. The van der Waals surface area contributed by atoms with Crippen molar-refractivity contribution < 1.29 is 4.39 Å². The van der Waals surface area contributed by atoms with Gasteiger partial charge in [-0.05, 0) is 30.7 Å². The minimum absolute atomic E-state index is 0.238. The summed E-state index contributed by atoms with van der Waals surface area (Å²) in [6.07, 6.45) is 0. The molecule has 4 heteroatoms. The molecule has 3 N–H and O–H groups in total. The van der Waals surface area contributed by atoms with E-state index in [9.17, 15) is 4.39 Å². The van der Waals surface area contributed by atoms with Crippen LogP contribution in [0.25, 0.3) is 0 Å². The molecule has 18 heavy (non-hydrogen) atoms. The SMILES string of the molecule is Cc1cccc(NCc2ccc(CN)cc2F)n1. The third-order valence-corrected chi connectivity index (χ3v) is 2.70. The van der Waals surface area contributed by atoms with E-state index in [2.05, 4.69) is 10.3 Å². The lowest BCUT2D eigenvalue weighted by Crippen LogP contribution is -2.05. The molecule has 0 aliphatic heterocycles. The second kappa shape index (κ2) is 5.60. The Morgan fingerprint density at radius 3 is 2.78 bits per heavy atom. The average Bonchev–Trinajstić information content (AvgIpc) is 2.37. The summed E-state index contributed by atoms with van der Waals surface area (Å²) in [5.41, 5.74) is 7.79. The summed E-state index contributed by atoms with van der Waals surface area (Å²) in [5.74, 6) is 0.510. The molecule has 2 aromatic rings. The first kappa shape index (κ1) is 12.5. The van der Waals surface area contributed by atoms with Crippen LogP contribution in [0, 0.1) is 12.7 Å². The van der Waals surface area contributed by atoms with Crippen LogP contribution in [0.4, 0.5) is 10.2 Å². The monoisotopic (exact) mass is 245 g/mol. The van der Waals surface area contributed by atoms with Crippen molar-refractivity contribution in [2.45, 2.75) is 20.0 Å². The number of aromatic nitrogens is 1. The van der Waals surface area contributed by atoms with Gasteiger partial charge in [0.1, 0.15) is 11.6 Å². The molecule has 0 unspecified atom stereocenters. The van der Waals surface area contributed by atoms with E-state index in [-0.39, 0.29) is 5.82 Å². The van der Waals surface area contributed by atoms with Crippen molar-refractivity contribution >= 4 is 5.82 Å². The second-order valence-electron chi connectivity index (χ2n) is 4.15. The predicted molar refractivity (Wildman–Crippen MR) is 70.6 cm³/mol. The Morgan fingerprint density at radius 1 is 1.28 bits per heavy atom. The number of hydrogen-bond acceptors (Lipinski definition) is 3. The van der Waals surface area contributed by atoms with E-state index in [1.807, 2.05) is 31.2 Å². The van der Waals surface area contributed by atoms with Crippen LogP contribution in [0.5, 0.6) is 0 Å². The lowest BCUT2D eigenvalue weighted by molar-refractivity contribution is 0.610. The maximum Gasteiger partial charge on any atom is 0.128 e. The molecule has 0 saturated carbocycles. The van der Waals surface area contributed by atoms with Crippen molar-refractivity contribution in [1.82, 2.24) is 4.98 Å². The Hall–Kier alpha value is -1.94. The summed E-state index contributed by atoms with van der Waals surface area (Å²) in [4.78, 5) is 4.30. The van der Waals surface area contributed by atoms with Crippen LogP contribution in [0.15, 0.2) is 36.4 Å². The third-order valence-electron chi connectivity index (χ3n) is 2.70. The molecule has 3 nitrogen and oxygen atoms in total. The second-order valence-corrected chi connectivity index (χ2v) is 4.15. The van der Waals surface area contributed by atoms with Crippen molar-refractivity contribution in [2.24, 2.45) is 5.73 Å². The van der Waals surface area contributed by atoms with Gasteiger partial charge < -0.3 is 11.1 Å². The van der Waals surface area contributed by atoms with Gasteiger partial charge in [-0.2, -0.15) is 0 Å². The fourth-order valence-electron chi connectivity index (χ4n) is 1.69. The van der Waals surface area contributed by atoms with Crippen LogP contribution >= 0.6 is 0 Å². The van der Waals surface area contributed by atoms with Gasteiger partial charge in [0.25, 0.3) is 0 Å². The first-order chi connectivity index (χ1) is 8.69. The minimum atomic E-state index is -0.238. The molecule has 0 spiro atoms. The number of benzene rings is 1. The highest BCUT2D eigenvalue weighted by atomic mass is 19.1. The summed E-state index contributed by atoms with van der Waals surface area (Å²) in [5, 5.41) is 3.10. The number of pyridine rings is 1. The number of anilines is 1.